The molecule has 0 radical (unpaired) electrons. The minimum absolute atomic E-state index is 0.182. The Morgan fingerprint density at radius 2 is 1.84 bits per heavy atom. The van der Waals surface area contributed by atoms with Gasteiger partial charge < -0.3 is 15.0 Å². The summed E-state index contributed by atoms with van der Waals surface area (Å²) in [4.78, 5) is 17.3. The highest BCUT2D eigenvalue weighted by atomic mass is 16.5. The second kappa shape index (κ2) is 8.19. The van der Waals surface area contributed by atoms with E-state index in [0.29, 0.717) is 5.91 Å². The van der Waals surface area contributed by atoms with E-state index >= 15 is 0 Å². The maximum atomic E-state index is 12.9. The van der Waals surface area contributed by atoms with Crippen LogP contribution in [0.15, 0.2) is 24.3 Å². The van der Waals surface area contributed by atoms with E-state index in [1.807, 2.05) is 26.0 Å². The van der Waals surface area contributed by atoms with Crippen molar-refractivity contribution in [1.82, 2.24) is 15.1 Å². The zero-order valence-corrected chi connectivity index (χ0v) is 15.7. The van der Waals surface area contributed by atoms with Gasteiger partial charge in [-0.15, -0.1) is 0 Å². The van der Waals surface area contributed by atoms with Gasteiger partial charge >= 0.3 is 0 Å². The third-order valence-electron chi connectivity index (χ3n) is 5.28. The first-order valence-electron chi connectivity index (χ1n) is 9.51. The Bertz CT molecular complexity index is 567. The van der Waals surface area contributed by atoms with Crippen LogP contribution in [0.2, 0.25) is 0 Å². The van der Waals surface area contributed by atoms with Crippen molar-refractivity contribution in [2.24, 2.45) is 5.92 Å². The molecule has 3 rings (SSSR count). The summed E-state index contributed by atoms with van der Waals surface area (Å²) in [6, 6.07) is 8.61. The lowest BCUT2D eigenvalue weighted by atomic mass is 9.95. The molecule has 1 aromatic carbocycles. The number of piperidine rings is 1. The van der Waals surface area contributed by atoms with Crippen LogP contribution in [-0.2, 0) is 4.79 Å². The second-order valence-corrected chi connectivity index (χ2v) is 7.54. The van der Waals surface area contributed by atoms with Crippen LogP contribution in [0.25, 0.3) is 0 Å². The average molecular weight is 345 g/mol. The van der Waals surface area contributed by atoms with Gasteiger partial charge in [0.25, 0.3) is 0 Å². The predicted octanol–water partition coefficient (Wildman–Crippen LogP) is 2.29. The topological polar surface area (TPSA) is 44.8 Å². The van der Waals surface area contributed by atoms with Crippen molar-refractivity contribution in [3.05, 3.63) is 29.8 Å². The maximum Gasteiger partial charge on any atom is 0.225 e. The van der Waals surface area contributed by atoms with E-state index in [0.717, 1.165) is 51.3 Å². The first-order chi connectivity index (χ1) is 12.0. The van der Waals surface area contributed by atoms with E-state index in [2.05, 4.69) is 34.3 Å². The fraction of sp³-hybridized carbons (Fsp3) is 0.650. The lowest BCUT2D eigenvalue weighted by molar-refractivity contribution is -0.139. The van der Waals surface area contributed by atoms with Gasteiger partial charge in [0, 0.05) is 25.6 Å². The molecule has 25 heavy (non-hydrogen) atoms. The number of benzene rings is 1. The lowest BCUT2D eigenvalue weighted by Gasteiger charge is -2.41. The molecule has 0 spiro atoms. The van der Waals surface area contributed by atoms with E-state index in [1.54, 1.807) is 0 Å². The fourth-order valence-corrected chi connectivity index (χ4v) is 3.80. The smallest absolute Gasteiger partial charge is 0.225 e. The molecule has 0 saturated carbocycles. The van der Waals surface area contributed by atoms with Gasteiger partial charge in [0.2, 0.25) is 5.91 Å². The lowest BCUT2D eigenvalue weighted by Crippen LogP contribution is -2.51. The summed E-state index contributed by atoms with van der Waals surface area (Å²) in [6.45, 7) is 8.54. The molecule has 2 aliphatic rings. The number of amides is 1. The van der Waals surface area contributed by atoms with Crippen LogP contribution in [0.4, 0.5) is 0 Å². The minimum Gasteiger partial charge on any atom is -0.491 e. The number of carbonyl (C=O) groups excluding carboxylic acids is 1. The van der Waals surface area contributed by atoms with Crippen molar-refractivity contribution in [1.29, 1.82) is 0 Å². The summed E-state index contributed by atoms with van der Waals surface area (Å²) in [6.07, 6.45) is 2.12. The molecule has 5 heteroatoms. The monoisotopic (exact) mass is 345 g/mol. The number of ether oxygens (including phenoxy) is 1. The summed E-state index contributed by atoms with van der Waals surface area (Å²) in [5.74, 6) is 1.45. The first kappa shape index (κ1) is 18.2. The van der Waals surface area contributed by atoms with Crippen molar-refractivity contribution in [2.75, 3.05) is 39.8 Å². The Balaban J connectivity index is 1.66. The van der Waals surface area contributed by atoms with Gasteiger partial charge in [0.1, 0.15) is 5.75 Å². The third kappa shape index (κ3) is 4.53. The van der Waals surface area contributed by atoms with Crippen LogP contribution in [0.3, 0.4) is 0 Å². The van der Waals surface area contributed by atoms with E-state index < -0.39 is 0 Å². The molecule has 2 aliphatic heterocycles. The average Bonchev–Trinajstić information content (AvgIpc) is 2.63. The molecule has 138 valence electrons. The Morgan fingerprint density at radius 1 is 1.16 bits per heavy atom. The van der Waals surface area contributed by atoms with Gasteiger partial charge in [-0.2, -0.15) is 0 Å². The van der Waals surface area contributed by atoms with Crippen LogP contribution in [0.5, 0.6) is 5.75 Å². The molecular formula is C20H31N3O2. The molecule has 2 saturated heterocycles. The molecule has 0 aromatic heterocycles. The Morgan fingerprint density at radius 3 is 2.48 bits per heavy atom. The predicted molar refractivity (Wildman–Crippen MR) is 99.8 cm³/mol. The van der Waals surface area contributed by atoms with E-state index in [-0.39, 0.29) is 18.1 Å². The molecule has 5 nitrogen and oxygen atoms in total. The molecule has 1 amide bonds. The Kier molecular flexibility index (Phi) is 5.97. The molecule has 0 bridgehead atoms. The fourth-order valence-electron chi connectivity index (χ4n) is 3.80. The number of nitrogens with one attached hydrogen (secondary N) is 1. The zero-order valence-electron chi connectivity index (χ0n) is 15.7. The highest BCUT2D eigenvalue weighted by Crippen LogP contribution is 2.27. The maximum absolute atomic E-state index is 12.9. The molecule has 0 aliphatic carbocycles. The first-order valence-corrected chi connectivity index (χ1v) is 9.51. The van der Waals surface area contributed by atoms with Gasteiger partial charge in [-0.1, -0.05) is 12.1 Å². The number of carbonyl (C=O) groups is 1. The van der Waals surface area contributed by atoms with Crippen LogP contribution in [-0.4, -0.2) is 61.6 Å². The standard InChI is InChI=1S/C20H31N3O2/c1-15(2)25-18-6-4-16(5-7-18)19-14-23(13-12-22(19)3)20(24)17-8-10-21-11-9-17/h4-7,15,17,19,21H,8-14H2,1-3H3/t19-/m0/s1. The van der Waals surface area contributed by atoms with Gasteiger partial charge in [0.15, 0.2) is 0 Å². The number of rotatable bonds is 4. The van der Waals surface area contributed by atoms with Crippen molar-refractivity contribution >= 4 is 5.91 Å². The number of likely N-dealkylation sites (N-methyl/N-ethyl adjacent to an activating group) is 1. The third-order valence-corrected chi connectivity index (χ3v) is 5.28. The van der Waals surface area contributed by atoms with Crippen LogP contribution in [0.1, 0.15) is 38.3 Å². The van der Waals surface area contributed by atoms with Crippen molar-refractivity contribution < 1.29 is 9.53 Å². The molecule has 0 unspecified atom stereocenters. The SMILES string of the molecule is CC(C)Oc1ccc([C@@H]2CN(C(=O)C3CCNCC3)CCN2C)cc1. The summed E-state index contributed by atoms with van der Waals surface area (Å²) < 4.78 is 5.74. The normalized spacial score (nSPS) is 23.0. The van der Waals surface area contributed by atoms with E-state index in [1.165, 1.54) is 5.56 Å². The molecular weight excluding hydrogens is 314 g/mol. The van der Waals surface area contributed by atoms with Crippen molar-refractivity contribution in [3.8, 4) is 5.75 Å². The highest BCUT2D eigenvalue weighted by molar-refractivity contribution is 5.79. The quantitative estimate of drug-likeness (QED) is 0.909. The highest BCUT2D eigenvalue weighted by Gasteiger charge is 2.32. The Hall–Kier alpha value is -1.59. The molecule has 2 heterocycles. The summed E-state index contributed by atoms with van der Waals surface area (Å²) in [5.41, 5.74) is 1.25. The largest absolute Gasteiger partial charge is 0.491 e. The van der Waals surface area contributed by atoms with Crippen LogP contribution >= 0.6 is 0 Å². The van der Waals surface area contributed by atoms with Gasteiger partial charge in [-0.3, -0.25) is 9.69 Å². The van der Waals surface area contributed by atoms with Crippen molar-refractivity contribution in [2.45, 2.75) is 38.8 Å². The van der Waals surface area contributed by atoms with Gasteiger partial charge in [0.05, 0.1) is 12.1 Å². The summed E-state index contributed by atoms with van der Waals surface area (Å²) in [5, 5.41) is 3.34. The Labute approximate surface area is 151 Å². The molecule has 2 fully saturated rings. The minimum atomic E-state index is 0.182. The number of nitrogens with zero attached hydrogens (tertiary/aromatic N) is 2. The van der Waals surface area contributed by atoms with Crippen LogP contribution < -0.4 is 10.1 Å². The molecule has 1 N–H and O–H groups in total. The molecule has 1 aromatic rings. The molecule has 1 atom stereocenters. The number of hydrogen-bond acceptors (Lipinski definition) is 4. The van der Waals surface area contributed by atoms with E-state index in [9.17, 15) is 4.79 Å². The second-order valence-electron chi connectivity index (χ2n) is 7.54. The summed E-state index contributed by atoms with van der Waals surface area (Å²) in [7, 11) is 2.15. The van der Waals surface area contributed by atoms with E-state index in [4.69, 9.17) is 4.74 Å². The van der Waals surface area contributed by atoms with Crippen molar-refractivity contribution in [3.63, 3.8) is 0 Å². The van der Waals surface area contributed by atoms with Gasteiger partial charge in [-0.25, -0.2) is 0 Å². The number of hydrogen-bond donors (Lipinski definition) is 1. The van der Waals surface area contributed by atoms with Crippen LogP contribution in [0, 0.1) is 5.92 Å². The van der Waals surface area contributed by atoms with Gasteiger partial charge in [-0.05, 0) is 64.5 Å². The zero-order chi connectivity index (χ0) is 17.8. The number of piperazine rings is 1. The summed E-state index contributed by atoms with van der Waals surface area (Å²) >= 11 is 0.